The average molecular weight is 273 g/mol. The van der Waals surface area contributed by atoms with E-state index in [1.165, 1.54) is 0 Å². The van der Waals surface area contributed by atoms with Gasteiger partial charge in [-0.1, -0.05) is 27.2 Å². The Kier molecular flexibility index (Phi) is 6.33. The van der Waals surface area contributed by atoms with Gasteiger partial charge >= 0.3 is 12.1 Å². The maximum atomic E-state index is 11.6. The Morgan fingerprint density at radius 1 is 1.21 bits per heavy atom. The zero-order valence-corrected chi connectivity index (χ0v) is 12.9. The quantitative estimate of drug-likeness (QED) is 0.779. The van der Waals surface area contributed by atoms with E-state index in [4.69, 9.17) is 9.84 Å². The molecule has 1 amide bonds. The van der Waals surface area contributed by atoms with Gasteiger partial charge in [0.1, 0.15) is 11.6 Å². The lowest BCUT2D eigenvalue weighted by Gasteiger charge is -2.26. The second-order valence-corrected chi connectivity index (χ2v) is 6.59. The summed E-state index contributed by atoms with van der Waals surface area (Å²) in [4.78, 5) is 22.7. The van der Waals surface area contributed by atoms with Gasteiger partial charge in [0.2, 0.25) is 0 Å². The molecule has 0 spiro atoms. The van der Waals surface area contributed by atoms with Crippen molar-refractivity contribution in [1.29, 1.82) is 0 Å². The van der Waals surface area contributed by atoms with Gasteiger partial charge in [0, 0.05) is 0 Å². The molecule has 0 aromatic rings. The van der Waals surface area contributed by atoms with Crippen molar-refractivity contribution in [2.75, 3.05) is 0 Å². The number of rotatable bonds is 6. The molecule has 19 heavy (non-hydrogen) atoms. The topological polar surface area (TPSA) is 75.6 Å². The SMILES string of the molecule is CCC(C)(C)CCC(NC(=O)OC(C)(C)C)C(=O)O. The van der Waals surface area contributed by atoms with Gasteiger partial charge < -0.3 is 15.2 Å². The van der Waals surface area contributed by atoms with E-state index in [0.717, 1.165) is 12.8 Å². The molecule has 0 aliphatic rings. The first-order chi connectivity index (χ1) is 8.47. The van der Waals surface area contributed by atoms with Gasteiger partial charge in [-0.3, -0.25) is 0 Å². The molecule has 0 rings (SSSR count). The Bertz CT molecular complexity index is 318. The van der Waals surface area contributed by atoms with E-state index < -0.39 is 23.7 Å². The fraction of sp³-hybridized carbons (Fsp3) is 0.857. The lowest BCUT2D eigenvalue weighted by molar-refractivity contribution is -0.139. The van der Waals surface area contributed by atoms with Crippen molar-refractivity contribution in [3.05, 3.63) is 0 Å². The molecule has 112 valence electrons. The van der Waals surface area contributed by atoms with Crippen LogP contribution in [0.3, 0.4) is 0 Å². The van der Waals surface area contributed by atoms with Crippen LogP contribution in [0, 0.1) is 5.41 Å². The molecule has 5 nitrogen and oxygen atoms in total. The first-order valence-electron chi connectivity index (χ1n) is 6.69. The summed E-state index contributed by atoms with van der Waals surface area (Å²) < 4.78 is 5.06. The summed E-state index contributed by atoms with van der Waals surface area (Å²) >= 11 is 0. The van der Waals surface area contributed by atoms with Gasteiger partial charge in [0.25, 0.3) is 0 Å². The number of ether oxygens (including phenoxy) is 1. The van der Waals surface area contributed by atoms with Crippen LogP contribution in [-0.2, 0) is 9.53 Å². The van der Waals surface area contributed by atoms with Crippen LogP contribution < -0.4 is 5.32 Å². The fourth-order valence-corrected chi connectivity index (χ4v) is 1.42. The molecule has 1 unspecified atom stereocenters. The third kappa shape index (κ3) is 8.46. The standard InChI is InChI=1S/C14H27NO4/c1-7-14(5,6)9-8-10(11(16)17)15-12(18)19-13(2,3)4/h10H,7-9H2,1-6H3,(H,15,18)(H,16,17). The number of carbonyl (C=O) groups excluding carboxylic acids is 1. The zero-order chi connectivity index (χ0) is 15.3. The predicted octanol–water partition coefficient (Wildman–Crippen LogP) is 3.18. The first kappa shape index (κ1) is 17.7. The summed E-state index contributed by atoms with van der Waals surface area (Å²) in [5, 5.41) is 11.5. The van der Waals surface area contributed by atoms with Crippen molar-refractivity contribution in [1.82, 2.24) is 5.32 Å². The Labute approximate surface area is 115 Å². The monoisotopic (exact) mass is 273 g/mol. The number of hydrogen-bond donors (Lipinski definition) is 2. The summed E-state index contributed by atoms with van der Waals surface area (Å²) in [6.45, 7) is 11.4. The van der Waals surface area contributed by atoms with Crippen LogP contribution in [0.5, 0.6) is 0 Å². The molecule has 0 aromatic heterocycles. The number of carboxylic acid groups (broad SMARTS) is 1. The summed E-state index contributed by atoms with van der Waals surface area (Å²) in [5.41, 5.74) is -0.556. The first-order valence-corrected chi connectivity index (χ1v) is 6.69. The van der Waals surface area contributed by atoms with E-state index in [9.17, 15) is 9.59 Å². The number of carboxylic acids is 1. The highest BCUT2D eigenvalue weighted by Crippen LogP contribution is 2.26. The van der Waals surface area contributed by atoms with Crippen LogP contribution >= 0.6 is 0 Å². The largest absolute Gasteiger partial charge is 0.480 e. The lowest BCUT2D eigenvalue weighted by Crippen LogP contribution is -2.43. The van der Waals surface area contributed by atoms with E-state index in [2.05, 4.69) is 26.1 Å². The Morgan fingerprint density at radius 2 is 1.74 bits per heavy atom. The summed E-state index contributed by atoms with van der Waals surface area (Å²) in [6.07, 6.45) is 1.41. The molecule has 0 aliphatic heterocycles. The molecule has 0 aromatic carbocycles. The maximum absolute atomic E-state index is 11.6. The van der Waals surface area contributed by atoms with Gasteiger partial charge in [0.05, 0.1) is 0 Å². The normalized spacial score (nSPS) is 13.8. The molecule has 2 N–H and O–H groups in total. The highest BCUT2D eigenvalue weighted by molar-refractivity contribution is 5.79. The van der Waals surface area contributed by atoms with E-state index in [1.54, 1.807) is 20.8 Å². The molecule has 0 aliphatic carbocycles. The van der Waals surface area contributed by atoms with Crippen LogP contribution in [0.1, 0.15) is 60.8 Å². The molecule has 0 saturated carbocycles. The fourth-order valence-electron chi connectivity index (χ4n) is 1.42. The molecule has 0 bridgehead atoms. The number of aliphatic carboxylic acids is 1. The Balaban J connectivity index is 4.43. The minimum Gasteiger partial charge on any atom is -0.480 e. The molecule has 1 atom stereocenters. The number of carbonyl (C=O) groups is 2. The highest BCUT2D eigenvalue weighted by Gasteiger charge is 2.26. The van der Waals surface area contributed by atoms with Crippen LogP contribution in [-0.4, -0.2) is 28.8 Å². The van der Waals surface area contributed by atoms with Gasteiger partial charge in [-0.05, 0) is 39.0 Å². The summed E-state index contributed by atoms with van der Waals surface area (Å²) in [7, 11) is 0. The van der Waals surface area contributed by atoms with Crippen LogP contribution in [0.25, 0.3) is 0 Å². The lowest BCUT2D eigenvalue weighted by atomic mass is 9.84. The van der Waals surface area contributed by atoms with Crippen molar-refractivity contribution in [3.8, 4) is 0 Å². The van der Waals surface area contributed by atoms with Gasteiger partial charge in [-0.25, -0.2) is 9.59 Å². The van der Waals surface area contributed by atoms with E-state index in [0.29, 0.717) is 6.42 Å². The smallest absolute Gasteiger partial charge is 0.408 e. The second kappa shape index (κ2) is 6.78. The van der Waals surface area contributed by atoms with Crippen molar-refractivity contribution in [2.24, 2.45) is 5.41 Å². The number of nitrogens with one attached hydrogen (secondary N) is 1. The third-order valence-electron chi connectivity index (χ3n) is 3.06. The highest BCUT2D eigenvalue weighted by atomic mass is 16.6. The number of amides is 1. The van der Waals surface area contributed by atoms with Gasteiger partial charge in [-0.15, -0.1) is 0 Å². The van der Waals surface area contributed by atoms with E-state index in [-0.39, 0.29) is 5.41 Å². The maximum Gasteiger partial charge on any atom is 0.408 e. The summed E-state index contributed by atoms with van der Waals surface area (Å²) in [6, 6.07) is -0.902. The van der Waals surface area contributed by atoms with Crippen molar-refractivity contribution >= 4 is 12.1 Å². The average Bonchev–Trinajstić information content (AvgIpc) is 2.21. The van der Waals surface area contributed by atoms with E-state index in [1.807, 2.05) is 0 Å². The molecule has 0 fully saturated rings. The predicted molar refractivity (Wildman–Crippen MR) is 74.1 cm³/mol. The van der Waals surface area contributed by atoms with Gasteiger partial charge in [0.15, 0.2) is 0 Å². The zero-order valence-electron chi connectivity index (χ0n) is 12.9. The van der Waals surface area contributed by atoms with Crippen molar-refractivity contribution in [3.63, 3.8) is 0 Å². The molecular formula is C14H27NO4. The molecule has 0 radical (unpaired) electrons. The Morgan fingerprint density at radius 3 is 2.11 bits per heavy atom. The molecule has 0 heterocycles. The van der Waals surface area contributed by atoms with Crippen LogP contribution in [0.15, 0.2) is 0 Å². The van der Waals surface area contributed by atoms with Crippen molar-refractivity contribution < 1.29 is 19.4 Å². The molecule has 5 heteroatoms. The van der Waals surface area contributed by atoms with Crippen LogP contribution in [0.2, 0.25) is 0 Å². The number of hydrogen-bond acceptors (Lipinski definition) is 3. The molecular weight excluding hydrogens is 246 g/mol. The van der Waals surface area contributed by atoms with Crippen molar-refractivity contribution in [2.45, 2.75) is 72.4 Å². The minimum atomic E-state index is -1.03. The minimum absolute atomic E-state index is 0.0727. The van der Waals surface area contributed by atoms with Crippen LogP contribution in [0.4, 0.5) is 4.79 Å². The van der Waals surface area contributed by atoms with Gasteiger partial charge in [-0.2, -0.15) is 0 Å². The Hall–Kier alpha value is -1.26. The third-order valence-corrected chi connectivity index (χ3v) is 3.06. The second-order valence-electron chi connectivity index (χ2n) is 6.59. The molecule has 0 saturated heterocycles. The van der Waals surface area contributed by atoms with E-state index >= 15 is 0 Å². The summed E-state index contributed by atoms with van der Waals surface area (Å²) in [5.74, 6) is -1.03. The number of alkyl carbamates (subject to hydrolysis) is 1.